The first kappa shape index (κ1) is 43.9. The molecule has 3 aromatic rings. The number of hydrogen-bond donors (Lipinski definition) is 2. The first-order chi connectivity index (χ1) is 28.5. The van der Waals surface area contributed by atoms with Crippen molar-refractivity contribution >= 4 is 11.8 Å². The summed E-state index contributed by atoms with van der Waals surface area (Å²) in [6.45, 7) is 13.3. The minimum absolute atomic E-state index is 0.0837. The second-order valence-corrected chi connectivity index (χ2v) is 17.3. The SMILES string of the molecule is C=CCOC12Oc3ccc(OCc4cccc(C)n4)cc3C3C(CCCCO)C(CCCCO)C=C(C(=NOCc4ccccc4)CC1N(C)C(=O)OCC(C)(C)C)C32. The zero-order chi connectivity index (χ0) is 42.0. The molecule has 1 fully saturated rings. The maximum Gasteiger partial charge on any atom is 0.410 e. The highest BCUT2D eigenvalue weighted by atomic mass is 16.7. The largest absolute Gasteiger partial charge is 0.487 e. The number of ether oxygens (including phenoxy) is 4. The summed E-state index contributed by atoms with van der Waals surface area (Å²) in [5.74, 6) is -0.458. The van der Waals surface area contributed by atoms with Crippen LogP contribution in [0.2, 0.25) is 0 Å². The van der Waals surface area contributed by atoms with Gasteiger partial charge in [-0.15, -0.1) is 6.58 Å². The lowest BCUT2D eigenvalue weighted by Crippen LogP contribution is -2.69. The van der Waals surface area contributed by atoms with E-state index in [0.29, 0.717) is 30.9 Å². The Hall–Kier alpha value is -4.71. The Kier molecular flexibility index (Phi) is 14.9. The van der Waals surface area contributed by atoms with Gasteiger partial charge in [0.15, 0.2) is 0 Å². The number of aryl methyl sites for hydroxylation is 1. The molecule has 0 bridgehead atoms. The summed E-state index contributed by atoms with van der Waals surface area (Å²) in [6.07, 6.45) is 8.55. The third-order valence-corrected chi connectivity index (χ3v) is 11.6. The van der Waals surface area contributed by atoms with E-state index in [1.807, 2.05) is 88.4 Å². The number of hydrogen-bond acceptors (Lipinski definition) is 10. The number of likely N-dealkylation sites (N-methyl/N-ethyl adjacent to an activating group) is 1. The quantitative estimate of drug-likeness (QED) is 0.0692. The highest BCUT2D eigenvalue weighted by Gasteiger charge is 2.65. The van der Waals surface area contributed by atoms with E-state index in [2.05, 4.69) is 23.7 Å². The van der Waals surface area contributed by atoms with Crippen molar-refractivity contribution in [1.29, 1.82) is 0 Å². The van der Waals surface area contributed by atoms with Gasteiger partial charge in [0, 0.05) is 43.9 Å². The maximum absolute atomic E-state index is 14.1. The van der Waals surface area contributed by atoms with E-state index in [0.717, 1.165) is 59.5 Å². The van der Waals surface area contributed by atoms with Gasteiger partial charge in [-0.1, -0.05) is 87.3 Å². The summed E-state index contributed by atoms with van der Waals surface area (Å²) in [6, 6.07) is 21.1. The average molecular weight is 810 g/mol. The van der Waals surface area contributed by atoms with Crippen LogP contribution in [0.3, 0.4) is 0 Å². The first-order valence-electron chi connectivity index (χ1n) is 21.2. The third kappa shape index (κ3) is 10.5. The number of carbonyl (C=O) groups excluding carboxylic acids is 1. The maximum atomic E-state index is 14.1. The molecule has 3 aliphatic rings. The number of rotatable bonds is 19. The topological polar surface area (TPSA) is 132 Å². The van der Waals surface area contributed by atoms with Crippen molar-refractivity contribution in [3.63, 3.8) is 0 Å². The molecule has 1 aliphatic heterocycles. The van der Waals surface area contributed by atoms with Crippen LogP contribution in [-0.2, 0) is 27.5 Å². The molecule has 0 radical (unpaired) electrons. The minimum Gasteiger partial charge on any atom is -0.487 e. The predicted octanol–water partition coefficient (Wildman–Crippen LogP) is 8.92. The van der Waals surface area contributed by atoms with Gasteiger partial charge in [-0.2, -0.15) is 0 Å². The van der Waals surface area contributed by atoms with Crippen LogP contribution < -0.4 is 9.47 Å². The van der Waals surface area contributed by atoms with Gasteiger partial charge < -0.3 is 38.9 Å². The summed E-state index contributed by atoms with van der Waals surface area (Å²) in [5, 5.41) is 24.7. The fraction of sp³-hybridized carbons (Fsp3) is 0.521. The van der Waals surface area contributed by atoms with Crippen molar-refractivity contribution in [1.82, 2.24) is 9.88 Å². The second-order valence-electron chi connectivity index (χ2n) is 17.3. The average Bonchev–Trinajstić information content (AvgIpc) is 3.22. The summed E-state index contributed by atoms with van der Waals surface area (Å²) in [4.78, 5) is 26.5. The number of aliphatic hydroxyl groups is 2. The zero-order valence-corrected chi connectivity index (χ0v) is 35.5. The lowest BCUT2D eigenvalue weighted by Gasteiger charge is -2.59. The minimum atomic E-state index is -1.37. The van der Waals surface area contributed by atoms with Crippen LogP contribution in [0.4, 0.5) is 4.79 Å². The van der Waals surface area contributed by atoms with Crippen molar-refractivity contribution in [3.05, 3.63) is 114 Å². The lowest BCUT2D eigenvalue weighted by atomic mass is 9.55. The van der Waals surface area contributed by atoms with Gasteiger partial charge >= 0.3 is 6.09 Å². The Bertz CT molecular complexity index is 1930. The van der Waals surface area contributed by atoms with Crippen molar-refractivity contribution < 1.29 is 38.8 Å². The summed E-state index contributed by atoms with van der Waals surface area (Å²) < 4.78 is 26.6. The van der Waals surface area contributed by atoms with Crippen molar-refractivity contribution in [2.45, 2.75) is 104 Å². The van der Waals surface area contributed by atoms with E-state index >= 15 is 0 Å². The normalized spacial score (nSPS) is 23.9. The molecule has 1 amide bonds. The van der Waals surface area contributed by atoms with E-state index in [1.165, 1.54) is 0 Å². The standard InChI is InChI=1S/C48H63N3O8/c1-7-26-57-48-43(51(6)46(54)56-32-47(3,4)5)29-41(50-58-30-34-17-9-8-10-18-34)39-27-35(19-11-13-24-52)38(21-12-14-25-53)44(45(39)48)40-28-37(22-23-42(40)59-48)55-31-36-20-15-16-33(2)49-36/h7-10,15-18,20,22-23,27-28,35,38,43-45,52-53H,1,11-14,19,21,24-26,29-32H2,2-6H3. The van der Waals surface area contributed by atoms with Crippen LogP contribution in [0.1, 0.15) is 94.1 Å². The number of aromatic nitrogens is 1. The smallest absolute Gasteiger partial charge is 0.410 e. The number of oxime groups is 1. The zero-order valence-electron chi connectivity index (χ0n) is 35.5. The number of aliphatic hydroxyl groups excluding tert-OH is 2. The lowest BCUT2D eigenvalue weighted by molar-refractivity contribution is -0.253. The van der Waals surface area contributed by atoms with Crippen molar-refractivity contribution in [2.24, 2.45) is 28.3 Å². The molecule has 1 saturated carbocycles. The van der Waals surface area contributed by atoms with Gasteiger partial charge in [-0.25, -0.2) is 4.79 Å². The molecule has 59 heavy (non-hydrogen) atoms. The molecule has 2 N–H and O–H groups in total. The Morgan fingerprint density at radius 1 is 1.02 bits per heavy atom. The predicted molar refractivity (Wildman–Crippen MR) is 228 cm³/mol. The molecule has 1 aromatic heterocycles. The number of benzene rings is 2. The molecule has 6 rings (SSSR count). The molecule has 2 heterocycles. The fourth-order valence-electron chi connectivity index (χ4n) is 8.92. The number of carbonyl (C=O) groups is 1. The number of pyridine rings is 1. The van der Waals surface area contributed by atoms with Gasteiger partial charge in [0.25, 0.3) is 0 Å². The summed E-state index contributed by atoms with van der Waals surface area (Å²) >= 11 is 0. The third-order valence-electron chi connectivity index (χ3n) is 11.6. The van der Waals surface area contributed by atoms with E-state index in [1.54, 1.807) is 18.0 Å². The van der Waals surface area contributed by atoms with E-state index in [-0.39, 0.29) is 62.6 Å². The van der Waals surface area contributed by atoms with Gasteiger partial charge in [0.2, 0.25) is 5.79 Å². The number of nitrogens with zero attached hydrogens (tertiary/aromatic N) is 3. The highest BCUT2D eigenvalue weighted by molar-refractivity contribution is 6.02. The second kappa shape index (κ2) is 20.0. The van der Waals surface area contributed by atoms with Crippen LogP contribution in [-0.4, -0.2) is 77.2 Å². The number of unbranched alkanes of at least 4 members (excludes halogenated alkanes) is 2. The van der Waals surface area contributed by atoms with E-state index < -0.39 is 23.8 Å². The number of amides is 1. The molecule has 11 nitrogen and oxygen atoms in total. The Morgan fingerprint density at radius 3 is 2.49 bits per heavy atom. The molecule has 318 valence electrons. The van der Waals surface area contributed by atoms with Crippen molar-refractivity contribution in [3.8, 4) is 11.5 Å². The molecular weight excluding hydrogens is 747 g/mol. The Balaban J connectivity index is 1.52. The molecule has 2 aliphatic carbocycles. The molecule has 11 heteroatoms. The molecule has 0 spiro atoms. The van der Waals surface area contributed by atoms with E-state index in [4.69, 9.17) is 28.9 Å². The van der Waals surface area contributed by atoms with Gasteiger partial charge in [0.1, 0.15) is 30.8 Å². The molecule has 0 saturated heterocycles. The highest BCUT2D eigenvalue weighted by Crippen LogP contribution is 2.62. The molecular formula is C48H63N3O8. The van der Waals surface area contributed by atoms with Gasteiger partial charge in [-0.05, 0) is 91.3 Å². The van der Waals surface area contributed by atoms with Crippen LogP contribution >= 0.6 is 0 Å². The first-order valence-corrected chi connectivity index (χ1v) is 21.2. The number of allylic oxidation sites excluding steroid dienone is 1. The molecule has 6 unspecified atom stereocenters. The van der Waals surface area contributed by atoms with Gasteiger partial charge in [0.05, 0.1) is 30.5 Å². The Morgan fingerprint density at radius 2 is 1.78 bits per heavy atom. The number of fused-ring (bicyclic) bond motifs is 2. The molecule has 6 atom stereocenters. The molecule has 2 aromatic carbocycles. The summed E-state index contributed by atoms with van der Waals surface area (Å²) in [5.41, 5.74) is 5.16. The fourth-order valence-corrected chi connectivity index (χ4v) is 8.92. The monoisotopic (exact) mass is 809 g/mol. The van der Waals surface area contributed by atoms with Gasteiger partial charge in [-0.3, -0.25) is 4.98 Å². The summed E-state index contributed by atoms with van der Waals surface area (Å²) in [7, 11) is 1.75. The van der Waals surface area contributed by atoms with Crippen LogP contribution in [0.5, 0.6) is 11.5 Å². The van der Waals surface area contributed by atoms with E-state index in [9.17, 15) is 15.0 Å². The van der Waals surface area contributed by atoms with Crippen LogP contribution in [0.25, 0.3) is 0 Å². The van der Waals surface area contributed by atoms with Crippen molar-refractivity contribution in [2.75, 3.05) is 33.5 Å². The Labute approximate surface area is 350 Å². The van der Waals surface area contributed by atoms with Crippen LogP contribution in [0, 0.1) is 30.1 Å². The van der Waals surface area contributed by atoms with Crippen LogP contribution in [0.15, 0.2) is 96.2 Å².